The summed E-state index contributed by atoms with van der Waals surface area (Å²) in [5.74, 6) is -1.57. The third-order valence-corrected chi connectivity index (χ3v) is 10.8. The molecule has 0 heterocycles. The molecule has 0 aliphatic heterocycles. The van der Waals surface area contributed by atoms with E-state index >= 15 is 0 Å². The molecule has 0 aliphatic carbocycles. The minimum Gasteiger partial charge on any atom is -0.462 e. The normalized spacial score (nSPS) is 13.1. The minimum atomic E-state index is -0.942. The van der Waals surface area contributed by atoms with Crippen LogP contribution in [-0.4, -0.2) is 37.2 Å². The van der Waals surface area contributed by atoms with E-state index < -0.39 is 18.0 Å². The molecule has 0 saturated carbocycles. The summed E-state index contributed by atoms with van der Waals surface area (Å²) in [7, 11) is 0. The molecule has 0 aliphatic rings. The van der Waals surface area contributed by atoms with Crippen molar-refractivity contribution in [2.45, 2.75) is 219 Å². The van der Waals surface area contributed by atoms with E-state index in [0.29, 0.717) is 6.42 Å². The van der Waals surface area contributed by atoms with Gasteiger partial charge in [-0.2, -0.15) is 0 Å². The van der Waals surface area contributed by atoms with Crippen molar-refractivity contribution in [2.75, 3.05) is 13.2 Å². The van der Waals surface area contributed by atoms with Crippen LogP contribution in [0.1, 0.15) is 213 Å². The zero-order valence-electron chi connectivity index (χ0n) is 41.7. The molecule has 0 radical (unpaired) electrons. The van der Waals surface area contributed by atoms with Gasteiger partial charge in [0.1, 0.15) is 13.2 Å². The highest BCUT2D eigenvalue weighted by molar-refractivity contribution is 5.83. The van der Waals surface area contributed by atoms with Crippen molar-refractivity contribution in [3.05, 3.63) is 122 Å². The SMILES string of the molecule is CCCCCCCCCC=CC=CC=CC=CC=CC(=O)OCC(COC(=O)CCCCCCCCCCCCCCC)OC(=O)C=CC=CC=CC=CC=CCCCCCCCCC. The number of esters is 3. The number of carbonyl (C=O) groups is 3. The highest BCUT2D eigenvalue weighted by Gasteiger charge is 2.18. The zero-order chi connectivity index (χ0) is 47.2. The van der Waals surface area contributed by atoms with E-state index in [1.165, 1.54) is 166 Å². The van der Waals surface area contributed by atoms with Crippen molar-refractivity contribution >= 4 is 17.9 Å². The summed E-state index contributed by atoms with van der Waals surface area (Å²) in [5, 5.41) is 0. The number of hydrogen-bond donors (Lipinski definition) is 0. The van der Waals surface area contributed by atoms with Gasteiger partial charge in [-0.25, -0.2) is 9.59 Å². The molecule has 6 nitrogen and oxygen atoms in total. The van der Waals surface area contributed by atoms with Crippen LogP contribution in [0.5, 0.6) is 0 Å². The maximum absolute atomic E-state index is 12.7. The van der Waals surface area contributed by atoms with Crippen molar-refractivity contribution in [1.82, 2.24) is 0 Å². The first-order valence-corrected chi connectivity index (χ1v) is 26.2. The predicted molar refractivity (Wildman–Crippen MR) is 279 cm³/mol. The van der Waals surface area contributed by atoms with Crippen molar-refractivity contribution in [3.63, 3.8) is 0 Å². The Morgan fingerprint density at radius 1 is 0.338 bits per heavy atom. The number of carbonyl (C=O) groups excluding carboxylic acids is 3. The van der Waals surface area contributed by atoms with Gasteiger partial charge in [-0.15, -0.1) is 0 Å². The third kappa shape index (κ3) is 50.7. The van der Waals surface area contributed by atoms with Crippen LogP contribution in [0, 0.1) is 0 Å². The molecule has 0 aromatic carbocycles. The average molecular weight is 899 g/mol. The Morgan fingerprint density at radius 2 is 0.646 bits per heavy atom. The lowest BCUT2D eigenvalue weighted by Crippen LogP contribution is -2.30. The molecule has 366 valence electrons. The summed E-state index contributed by atoms with van der Waals surface area (Å²) in [6.45, 7) is 6.32. The van der Waals surface area contributed by atoms with Crippen molar-refractivity contribution in [3.8, 4) is 0 Å². The fraction of sp³-hybridized carbons (Fsp3) is 0.610. The number of allylic oxidation sites excluding steroid dienone is 18. The number of rotatable bonds is 45. The largest absolute Gasteiger partial charge is 0.462 e. The molecule has 0 saturated heterocycles. The second-order valence-electron chi connectivity index (χ2n) is 17.1. The number of ether oxygens (including phenoxy) is 3. The van der Waals surface area contributed by atoms with Crippen LogP contribution in [-0.2, 0) is 28.6 Å². The molecule has 0 fully saturated rings. The van der Waals surface area contributed by atoms with Gasteiger partial charge < -0.3 is 14.2 Å². The van der Waals surface area contributed by atoms with E-state index in [9.17, 15) is 14.4 Å². The molecule has 6 heteroatoms. The van der Waals surface area contributed by atoms with Gasteiger partial charge in [-0.3, -0.25) is 4.79 Å². The highest BCUT2D eigenvalue weighted by atomic mass is 16.6. The number of hydrogen-bond acceptors (Lipinski definition) is 6. The summed E-state index contributed by atoms with van der Waals surface area (Å²) in [6, 6.07) is 0. The van der Waals surface area contributed by atoms with Crippen molar-refractivity contribution in [2.24, 2.45) is 0 Å². The Labute approximate surface area is 399 Å². The summed E-state index contributed by atoms with van der Waals surface area (Å²) in [5.41, 5.74) is 0. The molecule has 0 N–H and O–H groups in total. The van der Waals surface area contributed by atoms with Gasteiger partial charge in [0.15, 0.2) is 6.10 Å². The van der Waals surface area contributed by atoms with Crippen LogP contribution in [0.3, 0.4) is 0 Å². The summed E-state index contributed by atoms with van der Waals surface area (Å²) < 4.78 is 16.4. The molecule has 0 amide bonds. The van der Waals surface area contributed by atoms with E-state index in [4.69, 9.17) is 14.2 Å². The Bertz CT molecular complexity index is 1400. The summed E-state index contributed by atoms with van der Waals surface area (Å²) in [4.78, 5) is 37.7. The van der Waals surface area contributed by atoms with Crippen LogP contribution in [0.15, 0.2) is 122 Å². The van der Waals surface area contributed by atoms with E-state index in [0.717, 1.165) is 32.1 Å². The molecule has 0 aromatic rings. The standard InChI is InChI=1S/C59H94O6/c1-4-7-10-13-16-19-22-25-27-29-31-34-37-40-43-46-49-52-58(61)64-55-56(54-63-57(60)51-48-45-42-39-36-33-24-21-18-15-12-9-6-3)65-59(62)53-50-47-44-41-38-35-32-30-28-26-23-20-17-14-11-8-5-2/h27-32,34-35,37-38,40-41,43-44,46-47,49-50,52-53,56H,4-26,33,36,39,42,45,48,51,54-55H2,1-3H3. The molecule has 0 bridgehead atoms. The van der Waals surface area contributed by atoms with Gasteiger partial charge in [0.2, 0.25) is 0 Å². The van der Waals surface area contributed by atoms with Gasteiger partial charge in [-0.1, -0.05) is 284 Å². The lowest BCUT2D eigenvalue weighted by atomic mass is 10.0. The van der Waals surface area contributed by atoms with Gasteiger partial charge >= 0.3 is 17.9 Å². The molecular weight excluding hydrogens is 805 g/mol. The molecule has 1 atom stereocenters. The first-order chi connectivity index (χ1) is 32.0. The average Bonchev–Trinajstić information content (AvgIpc) is 3.30. The van der Waals surface area contributed by atoms with Gasteiger partial charge in [0, 0.05) is 18.6 Å². The van der Waals surface area contributed by atoms with Gasteiger partial charge in [0.05, 0.1) is 0 Å². The maximum atomic E-state index is 12.7. The molecule has 0 spiro atoms. The van der Waals surface area contributed by atoms with Crippen molar-refractivity contribution in [1.29, 1.82) is 0 Å². The smallest absolute Gasteiger partial charge is 0.331 e. The minimum absolute atomic E-state index is 0.196. The molecule has 1 unspecified atom stereocenters. The monoisotopic (exact) mass is 899 g/mol. The Hall–Kier alpha value is -4.19. The Balaban J connectivity index is 4.78. The molecular formula is C59H94O6. The third-order valence-electron chi connectivity index (χ3n) is 10.8. The summed E-state index contributed by atoms with van der Waals surface area (Å²) >= 11 is 0. The van der Waals surface area contributed by atoms with Gasteiger partial charge in [0.25, 0.3) is 0 Å². The lowest BCUT2D eigenvalue weighted by Gasteiger charge is -2.17. The maximum Gasteiger partial charge on any atom is 0.331 e. The Kier molecular flexibility index (Phi) is 49.1. The highest BCUT2D eigenvalue weighted by Crippen LogP contribution is 2.14. The van der Waals surface area contributed by atoms with Crippen LogP contribution in [0.25, 0.3) is 0 Å². The van der Waals surface area contributed by atoms with Crippen LogP contribution < -0.4 is 0 Å². The van der Waals surface area contributed by atoms with Gasteiger partial charge in [-0.05, 0) is 32.1 Å². The first kappa shape index (κ1) is 60.8. The van der Waals surface area contributed by atoms with Crippen LogP contribution in [0.2, 0.25) is 0 Å². The van der Waals surface area contributed by atoms with E-state index in [1.54, 1.807) is 24.3 Å². The Morgan fingerprint density at radius 3 is 1.05 bits per heavy atom. The fourth-order valence-electron chi connectivity index (χ4n) is 6.91. The van der Waals surface area contributed by atoms with E-state index in [2.05, 4.69) is 45.1 Å². The zero-order valence-corrected chi connectivity index (χ0v) is 41.7. The molecule has 65 heavy (non-hydrogen) atoms. The van der Waals surface area contributed by atoms with E-state index in [-0.39, 0.29) is 19.2 Å². The second kappa shape index (κ2) is 52.4. The molecule has 0 aromatic heterocycles. The first-order valence-electron chi connectivity index (χ1n) is 26.2. The lowest BCUT2D eigenvalue weighted by molar-refractivity contribution is -0.162. The number of unbranched alkanes of at least 4 members (excludes halogenated alkanes) is 26. The topological polar surface area (TPSA) is 78.9 Å². The van der Waals surface area contributed by atoms with Crippen LogP contribution >= 0.6 is 0 Å². The van der Waals surface area contributed by atoms with Crippen molar-refractivity contribution < 1.29 is 28.6 Å². The fourth-order valence-corrected chi connectivity index (χ4v) is 6.91. The molecule has 0 rings (SSSR count). The van der Waals surface area contributed by atoms with Crippen LogP contribution in [0.4, 0.5) is 0 Å². The quantitative estimate of drug-likeness (QED) is 0.0199. The summed E-state index contributed by atoms with van der Waals surface area (Å²) in [6.07, 6.45) is 73.0. The van der Waals surface area contributed by atoms with E-state index in [1.807, 2.05) is 60.8 Å². The second-order valence-corrected chi connectivity index (χ2v) is 17.1. The predicted octanol–water partition coefficient (Wildman–Crippen LogP) is 17.3.